The van der Waals surface area contributed by atoms with Gasteiger partial charge in [0.05, 0.1) is 8.95 Å². The number of rotatable bonds is 7. The second-order valence-electron chi connectivity index (χ2n) is 6.06. The van der Waals surface area contributed by atoms with Crippen LogP contribution >= 0.6 is 31.9 Å². The van der Waals surface area contributed by atoms with Gasteiger partial charge in [0.1, 0.15) is 18.8 Å². The number of ether oxygens (including phenoxy) is 1. The summed E-state index contributed by atoms with van der Waals surface area (Å²) < 4.78 is 7.05. The van der Waals surface area contributed by atoms with Crippen molar-refractivity contribution < 1.29 is 24.2 Å². The Morgan fingerprint density at radius 3 is 2.18 bits per heavy atom. The standard InChI is InChI=1S/C19H18Br2N2O5/c1-10-3-12(5-13(4-10)22-11(2)24)9-28-19-15(20)6-14(7-16(19)21)23-17(25)8-18(26)27/h3-7H,8-9H2,1-2H3,(H,22,24)(H,23,25)(H,26,27). The molecule has 3 N–H and O–H groups in total. The summed E-state index contributed by atoms with van der Waals surface area (Å²) in [5.74, 6) is -1.44. The Balaban J connectivity index is 2.12. The van der Waals surface area contributed by atoms with E-state index in [1.165, 1.54) is 6.92 Å². The molecule has 9 heteroatoms. The topological polar surface area (TPSA) is 105 Å². The number of amides is 2. The highest BCUT2D eigenvalue weighted by atomic mass is 79.9. The van der Waals surface area contributed by atoms with Crippen LogP contribution in [0, 0.1) is 6.92 Å². The molecule has 0 bridgehead atoms. The number of aryl methyl sites for hydroxylation is 1. The van der Waals surface area contributed by atoms with E-state index in [0.717, 1.165) is 11.1 Å². The zero-order valence-electron chi connectivity index (χ0n) is 15.1. The molecule has 2 aromatic carbocycles. The Bertz CT molecular complexity index is 908. The summed E-state index contributed by atoms with van der Waals surface area (Å²) in [7, 11) is 0. The second-order valence-corrected chi connectivity index (χ2v) is 7.77. The third kappa shape index (κ3) is 6.65. The van der Waals surface area contributed by atoms with Gasteiger partial charge in [0.25, 0.3) is 0 Å². The van der Waals surface area contributed by atoms with Gasteiger partial charge in [-0.05, 0) is 74.2 Å². The lowest BCUT2D eigenvalue weighted by molar-refractivity contribution is -0.139. The lowest BCUT2D eigenvalue weighted by Crippen LogP contribution is -2.16. The van der Waals surface area contributed by atoms with Crippen molar-refractivity contribution in [2.24, 2.45) is 0 Å². The van der Waals surface area contributed by atoms with Crippen LogP contribution in [0.3, 0.4) is 0 Å². The fraction of sp³-hybridized carbons (Fsp3) is 0.211. The van der Waals surface area contributed by atoms with Crippen molar-refractivity contribution in [1.29, 1.82) is 0 Å². The second kappa shape index (κ2) is 9.70. The average Bonchev–Trinajstić information content (AvgIpc) is 2.51. The SMILES string of the molecule is CC(=O)Nc1cc(C)cc(COc2c(Br)cc(NC(=O)CC(=O)O)cc2Br)c1. The molecule has 0 aromatic heterocycles. The molecule has 28 heavy (non-hydrogen) atoms. The van der Waals surface area contributed by atoms with Gasteiger partial charge in [-0.2, -0.15) is 0 Å². The monoisotopic (exact) mass is 512 g/mol. The van der Waals surface area contributed by atoms with Crippen molar-refractivity contribution in [3.05, 3.63) is 50.4 Å². The van der Waals surface area contributed by atoms with Gasteiger partial charge in [-0.1, -0.05) is 6.07 Å². The number of hydrogen-bond acceptors (Lipinski definition) is 4. The minimum atomic E-state index is -1.20. The molecule has 0 aliphatic carbocycles. The molecule has 2 amide bonds. The normalized spacial score (nSPS) is 10.3. The maximum atomic E-state index is 11.6. The number of halogens is 2. The zero-order valence-corrected chi connectivity index (χ0v) is 18.3. The molecule has 0 saturated heterocycles. The van der Waals surface area contributed by atoms with Crippen molar-refractivity contribution >= 4 is 61.0 Å². The summed E-state index contributed by atoms with van der Waals surface area (Å²) in [6, 6.07) is 8.90. The Labute approximate surface area is 178 Å². The zero-order chi connectivity index (χ0) is 20.8. The van der Waals surface area contributed by atoms with Gasteiger partial charge >= 0.3 is 5.97 Å². The maximum absolute atomic E-state index is 11.6. The van der Waals surface area contributed by atoms with E-state index >= 15 is 0 Å². The lowest BCUT2D eigenvalue weighted by atomic mass is 10.1. The summed E-state index contributed by atoms with van der Waals surface area (Å²) in [4.78, 5) is 33.4. The van der Waals surface area contributed by atoms with Gasteiger partial charge in [-0.15, -0.1) is 0 Å². The number of carboxylic acids is 1. The van der Waals surface area contributed by atoms with Crippen LogP contribution in [-0.4, -0.2) is 22.9 Å². The smallest absolute Gasteiger partial charge is 0.312 e. The van der Waals surface area contributed by atoms with Crippen molar-refractivity contribution in [2.45, 2.75) is 26.9 Å². The molecule has 0 aliphatic heterocycles. The molecule has 0 aliphatic rings. The van der Waals surface area contributed by atoms with Crippen LogP contribution in [0.25, 0.3) is 0 Å². The van der Waals surface area contributed by atoms with Crippen LogP contribution < -0.4 is 15.4 Å². The summed E-state index contributed by atoms with van der Waals surface area (Å²) in [5.41, 5.74) is 2.99. The van der Waals surface area contributed by atoms with Crippen LogP contribution in [0.2, 0.25) is 0 Å². The number of carbonyl (C=O) groups excluding carboxylic acids is 2. The molecule has 0 atom stereocenters. The quantitative estimate of drug-likeness (QED) is 0.474. The van der Waals surface area contributed by atoms with Gasteiger partial charge in [0.2, 0.25) is 11.8 Å². The first-order valence-corrected chi connectivity index (χ1v) is 9.74. The molecule has 148 valence electrons. The van der Waals surface area contributed by atoms with E-state index in [9.17, 15) is 14.4 Å². The maximum Gasteiger partial charge on any atom is 0.312 e. The third-order valence-corrected chi connectivity index (χ3v) is 4.61. The molecule has 0 spiro atoms. The Morgan fingerprint density at radius 2 is 1.61 bits per heavy atom. The Morgan fingerprint density at radius 1 is 1.00 bits per heavy atom. The van der Waals surface area contributed by atoms with Crippen LogP contribution in [0.15, 0.2) is 39.3 Å². The first kappa shape index (κ1) is 21.9. The van der Waals surface area contributed by atoms with E-state index in [1.807, 2.05) is 25.1 Å². The molecular formula is C19H18Br2N2O5. The summed E-state index contributed by atoms with van der Waals surface area (Å²) in [5, 5.41) is 13.9. The molecule has 0 radical (unpaired) electrons. The molecule has 0 unspecified atom stereocenters. The van der Waals surface area contributed by atoms with E-state index in [4.69, 9.17) is 9.84 Å². The average molecular weight is 514 g/mol. The number of aliphatic carboxylic acids is 1. The largest absolute Gasteiger partial charge is 0.487 e. The first-order chi connectivity index (χ1) is 13.1. The van der Waals surface area contributed by atoms with Gasteiger partial charge in [0.15, 0.2) is 0 Å². The highest BCUT2D eigenvalue weighted by molar-refractivity contribution is 9.11. The van der Waals surface area contributed by atoms with Crippen LogP contribution in [-0.2, 0) is 21.0 Å². The molecule has 7 nitrogen and oxygen atoms in total. The summed E-state index contributed by atoms with van der Waals surface area (Å²) in [6.07, 6.45) is -0.614. The molecule has 2 rings (SSSR count). The van der Waals surface area contributed by atoms with E-state index in [-0.39, 0.29) is 12.5 Å². The molecular weight excluding hydrogens is 496 g/mol. The number of anilines is 2. The third-order valence-electron chi connectivity index (χ3n) is 3.43. The number of hydrogen-bond donors (Lipinski definition) is 3. The van der Waals surface area contributed by atoms with Crippen molar-refractivity contribution in [2.75, 3.05) is 10.6 Å². The summed E-state index contributed by atoms with van der Waals surface area (Å²) in [6.45, 7) is 3.63. The van der Waals surface area contributed by atoms with Crippen molar-refractivity contribution in [3.8, 4) is 5.75 Å². The fourth-order valence-electron chi connectivity index (χ4n) is 2.49. The number of carboxylic acid groups (broad SMARTS) is 1. The van der Waals surface area contributed by atoms with Crippen LogP contribution in [0.5, 0.6) is 5.75 Å². The van der Waals surface area contributed by atoms with Crippen molar-refractivity contribution in [3.63, 3.8) is 0 Å². The summed E-state index contributed by atoms with van der Waals surface area (Å²) >= 11 is 6.79. The highest BCUT2D eigenvalue weighted by Crippen LogP contribution is 2.37. The van der Waals surface area contributed by atoms with E-state index in [2.05, 4.69) is 42.5 Å². The molecule has 2 aromatic rings. The van der Waals surface area contributed by atoms with Gasteiger partial charge < -0.3 is 20.5 Å². The van der Waals surface area contributed by atoms with E-state index in [1.54, 1.807) is 12.1 Å². The predicted octanol–water partition coefficient (Wildman–Crippen LogP) is 4.47. The van der Waals surface area contributed by atoms with Crippen LogP contribution in [0.1, 0.15) is 24.5 Å². The Kier molecular flexibility index (Phi) is 7.59. The number of benzene rings is 2. The van der Waals surface area contributed by atoms with Gasteiger partial charge in [-0.3, -0.25) is 14.4 Å². The minimum Gasteiger partial charge on any atom is -0.487 e. The van der Waals surface area contributed by atoms with Gasteiger partial charge in [0, 0.05) is 18.3 Å². The van der Waals surface area contributed by atoms with E-state index in [0.29, 0.717) is 26.1 Å². The molecule has 0 fully saturated rings. The Hall–Kier alpha value is -2.39. The molecule has 0 saturated carbocycles. The minimum absolute atomic E-state index is 0.150. The highest BCUT2D eigenvalue weighted by Gasteiger charge is 2.13. The van der Waals surface area contributed by atoms with Crippen molar-refractivity contribution in [1.82, 2.24) is 0 Å². The number of carbonyl (C=O) groups is 3. The fourth-order valence-corrected chi connectivity index (χ4v) is 3.90. The lowest BCUT2D eigenvalue weighted by Gasteiger charge is -2.14. The predicted molar refractivity (Wildman–Crippen MR) is 113 cm³/mol. The van der Waals surface area contributed by atoms with Crippen LogP contribution in [0.4, 0.5) is 11.4 Å². The molecule has 0 heterocycles. The number of nitrogens with one attached hydrogen (secondary N) is 2. The van der Waals surface area contributed by atoms with Gasteiger partial charge in [-0.25, -0.2) is 0 Å². The van der Waals surface area contributed by atoms with E-state index < -0.39 is 18.3 Å². The first-order valence-electron chi connectivity index (χ1n) is 8.15.